The second kappa shape index (κ2) is 6.36. The molecule has 2 N–H and O–H groups in total. The van der Waals surface area contributed by atoms with Crippen molar-refractivity contribution in [2.24, 2.45) is 0 Å². The Morgan fingerprint density at radius 2 is 2.17 bits per heavy atom. The number of carboxylic acids is 1. The topological polar surface area (TPSA) is 49.3 Å². The van der Waals surface area contributed by atoms with E-state index < -0.39 is 5.97 Å². The van der Waals surface area contributed by atoms with E-state index in [9.17, 15) is 4.79 Å². The summed E-state index contributed by atoms with van der Waals surface area (Å²) in [4.78, 5) is 10.3. The minimum atomic E-state index is -0.908. The van der Waals surface area contributed by atoms with Gasteiger partial charge in [0, 0.05) is 24.6 Å². The van der Waals surface area contributed by atoms with Crippen molar-refractivity contribution in [1.29, 1.82) is 0 Å². The van der Waals surface area contributed by atoms with Crippen molar-refractivity contribution in [1.82, 2.24) is 5.32 Å². The third-order valence-electron chi connectivity index (χ3n) is 2.89. The molecule has 0 aliphatic carbocycles. The summed E-state index contributed by atoms with van der Waals surface area (Å²) in [6.45, 7) is 7.82. The van der Waals surface area contributed by atoms with Crippen molar-refractivity contribution in [3.05, 3.63) is 47.5 Å². The third-order valence-corrected chi connectivity index (χ3v) is 2.89. The number of hydrogen-bond acceptors (Lipinski definition) is 2. The molecule has 1 rings (SSSR count). The van der Waals surface area contributed by atoms with Gasteiger partial charge < -0.3 is 10.4 Å². The molecule has 0 atom stereocenters. The van der Waals surface area contributed by atoms with Crippen LogP contribution >= 0.6 is 0 Å². The molecule has 18 heavy (non-hydrogen) atoms. The molecule has 0 saturated heterocycles. The predicted molar refractivity (Wildman–Crippen MR) is 73.9 cm³/mol. The predicted octanol–water partition coefficient (Wildman–Crippen LogP) is 2.50. The zero-order chi connectivity index (χ0) is 13.6. The molecule has 0 radical (unpaired) electrons. The smallest absolute Gasteiger partial charge is 0.328 e. The van der Waals surface area contributed by atoms with Gasteiger partial charge >= 0.3 is 5.97 Å². The molecule has 0 saturated carbocycles. The Morgan fingerprint density at radius 1 is 1.44 bits per heavy atom. The summed E-state index contributed by atoms with van der Waals surface area (Å²) in [6, 6.07) is 8.47. The fourth-order valence-corrected chi connectivity index (χ4v) is 1.80. The summed E-state index contributed by atoms with van der Waals surface area (Å²) in [7, 11) is 0. The molecule has 98 valence electrons. The van der Waals surface area contributed by atoms with Crippen LogP contribution in [0.3, 0.4) is 0 Å². The summed E-state index contributed by atoms with van der Waals surface area (Å²) >= 11 is 0. The fourth-order valence-electron chi connectivity index (χ4n) is 1.80. The van der Waals surface area contributed by atoms with Crippen LogP contribution in [0.15, 0.2) is 36.4 Å². The number of aryl methyl sites for hydroxylation is 1. The van der Waals surface area contributed by atoms with Gasteiger partial charge in [-0.1, -0.05) is 49.8 Å². The van der Waals surface area contributed by atoms with E-state index in [2.05, 4.69) is 50.4 Å². The number of carboxylic acid groups (broad SMARTS) is 1. The van der Waals surface area contributed by atoms with Crippen molar-refractivity contribution in [2.45, 2.75) is 26.2 Å². The highest BCUT2D eigenvalue weighted by molar-refractivity contribution is 5.79. The molecule has 0 heterocycles. The summed E-state index contributed by atoms with van der Waals surface area (Å²) in [5.41, 5.74) is 2.58. The second-order valence-electron chi connectivity index (χ2n) is 5.12. The van der Waals surface area contributed by atoms with E-state index in [0.29, 0.717) is 6.54 Å². The second-order valence-corrected chi connectivity index (χ2v) is 5.12. The highest BCUT2D eigenvalue weighted by atomic mass is 16.4. The van der Waals surface area contributed by atoms with E-state index >= 15 is 0 Å². The molecule has 0 aliphatic rings. The average Bonchev–Trinajstić information content (AvgIpc) is 2.28. The van der Waals surface area contributed by atoms with Crippen molar-refractivity contribution in [2.75, 3.05) is 13.1 Å². The SMILES string of the molecule is Cc1cccc(C(C)(C)CNC/C=C/C(=O)O)c1. The molecule has 0 bridgehead atoms. The van der Waals surface area contributed by atoms with E-state index in [1.807, 2.05) is 0 Å². The Balaban J connectivity index is 2.52. The minimum Gasteiger partial charge on any atom is -0.478 e. The number of nitrogens with one attached hydrogen (secondary N) is 1. The molecule has 3 heteroatoms. The van der Waals surface area contributed by atoms with Gasteiger partial charge in [0.2, 0.25) is 0 Å². The van der Waals surface area contributed by atoms with Crippen LogP contribution in [0, 0.1) is 6.92 Å². The van der Waals surface area contributed by atoms with Gasteiger partial charge in [0.1, 0.15) is 0 Å². The lowest BCUT2D eigenvalue weighted by Gasteiger charge is -2.26. The number of aliphatic carboxylic acids is 1. The zero-order valence-corrected chi connectivity index (χ0v) is 11.2. The lowest BCUT2D eigenvalue weighted by Crippen LogP contribution is -2.33. The standard InChI is InChI=1S/C15H21NO2/c1-12-6-4-7-13(10-12)15(2,3)11-16-9-5-8-14(17)18/h4-8,10,16H,9,11H2,1-3H3,(H,17,18)/b8-5+. The van der Waals surface area contributed by atoms with E-state index in [-0.39, 0.29) is 5.41 Å². The first-order valence-corrected chi connectivity index (χ1v) is 6.09. The number of carbonyl (C=O) groups is 1. The van der Waals surface area contributed by atoms with Gasteiger partial charge in [0.15, 0.2) is 0 Å². The van der Waals surface area contributed by atoms with Gasteiger partial charge in [-0.3, -0.25) is 0 Å². The number of rotatable bonds is 6. The van der Waals surface area contributed by atoms with Gasteiger partial charge in [-0.05, 0) is 12.5 Å². The molecule has 1 aromatic carbocycles. The minimum absolute atomic E-state index is 0.0308. The van der Waals surface area contributed by atoms with Crippen molar-refractivity contribution >= 4 is 5.97 Å². The van der Waals surface area contributed by atoms with Gasteiger partial charge in [-0.2, -0.15) is 0 Å². The van der Waals surface area contributed by atoms with Crippen LogP contribution in [-0.2, 0) is 10.2 Å². The summed E-state index contributed by atoms with van der Waals surface area (Å²) in [5.74, 6) is -0.908. The van der Waals surface area contributed by atoms with Crippen molar-refractivity contribution < 1.29 is 9.90 Å². The average molecular weight is 247 g/mol. The summed E-state index contributed by atoms with van der Waals surface area (Å²) in [6.07, 6.45) is 2.78. The maximum Gasteiger partial charge on any atom is 0.328 e. The first kappa shape index (κ1) is 14.5. The van der Waals surface area contributed by atoms with Crippen LogP contribution in [0.1, 0.15) is 25.0 Å². The van der Waals surface area contributed by atoms with Gasteiger partial charge in [0.05, 0.1) is 0 Å². The quantitative estimate of drug-likeness (QED) is 0.600. The normalized spacial score (nSPS) is 11.9. The number of benzene rings is 1. The van der Waals surface area contributed by atoms with Gasteiger partial charge in [0.25, 0.3) is 0 Å². The highest BCUT2D eigenvalue weighted by Gasteiger charge is 2.19. The molecule has 0 amide bonds. The first-order chi connectivity index (χ1) is 8.42. The van der Waals surface area contributed by atoms with E-state index in [0.717, 1.165) is 12.6 Å². The molecular formula is C15H21NO2. The molecule has 0 fully saturated rings. The van der Waals surface area contributed by atoms with Crippen LogP contribution in [0.5, 0.6) is 0 Å². The Hall–Kier alpha value is -1.61. The van der Waals surface area contributed by atoms with Crippen LogP contribution in [0.25, 0.3) is 0 Å². The van der Waals surface area contributed by atoms with Gasteiger partial charge in [-0.15, -0.1) is 0 Å². The molecule has 3 nitrogen and oxygen atoms in total. The Kier molecular flexibility index (Phi) is 5.10. The Labute approximate surface area is 109 Å². The number of hydrogen-bond donors (Lipinski definition) is 2. The molecule has 0 unspecified atom stereocenters. The monoisotopic (exact) mass is 247 g/mol. The first-order valence-electron chi connectivity index (χ1n) is 6.09. The fraction of sp³-hybridized carbons (Fsp3) is 0.400. The van der Waals surface area contributed by atoms with E-state index in [1.165, 1.54) is 11.1 Å². The molecule has 0 spiro atoms. The summed E-state index contributed by atoms with van der Waals surface area (Å²) in [5, 5.41) is 11.7. The van der Waals surface area contributed by atoms with E-state index in [4.69, 9.17) is 5.11 Å². The van der Waals surface area contributed by atoms with Crippen molar-refractivity contribution in [3.8, 4) is 0 Å². The lowest BCUT2D eigenvalue weighted by molar-refractivity contribution is -0.131. The van der Waals surface area contributed by atoms with Gasteiger partial charge in [-0.25, -0.2) is 4.79 Å². The van der Waals surface area contributed by atoms with Crippen LogP contribution < -0.4 is 5.32 Å². The molecule has 1 aromatic rings. The summed E-state index contributed by atoms with van der Waals surface area (Å²) < 4.78 is 0. The van der Waals surface area contributed by atoms with E-state index in [1.54, 1.807) is 6.08 Å². The Bertz CT molecular complexity index is 436. The maximum absolute atomic E-state index is 10.3. The van der Waals surface area contributed by atoms with Crippen LogP contribution in [-0.4, -0.2) is 24.2 Å². The van der Waals surface area contributed by atoms with Crippen molar-refractivity contribution in [3.63, 3.8) is 0 Å². The Morgan fingerprint density at radius 3 is 2.78 bits per heavy atom. The van der Waals surface area contributed by atoms with Crippen LogP contribution in [0.4, 0.5) is 0 Å². The van der Waals surface area contributed by atoms with Crippen LogP contribution in [0.2, 0.25) is 0 Å². The lowest BCUT2D eigenvalue weighted by atomic mass is 9.84. The largest absolute Gasteiger partial charge is 0.478 e. The molecule has 0 aliphatic heterocycles. The molecular weight excluding hydrogens is 226 g/mol. The maximum atomic E-state index is 10.3. The zero-order valence-electron chi connectivity index (χ0n) is 11.2. The third kappa shape index (κ3) is 4.72. The molecule has 0 aromatic heterocycles. The highest BCUT2D eigenvalue weighted by Crippen LogP contribution is 2.22.